The smallest absolute Gasteiger partial charge is 0.119 e. The molecule has 0 fully saturated rings. The Morgan fingerprint density at radius 1 is 1.05 bits per heavy atom. The summed E-state index contributed by atoms with van der Waals surface area (Å²) >= 11 is 5.84. The van der Waals surface area contributed by atoms with E-state index in [9.17, 15) is 0 Å². The Balaban J connectivity index is 1.89. The molecule has 0 bridgehead atoms. The molecule has 3 heteroatoms. The average Bonchev–Trinajstić information content (AvgIpc) is 2.46. The Morgan fingerprint density at radius 3 is 2.37 bits per heavy atom. The molecular weight excluding hydrogens is 258 g/mol. The summed E-state index contributed by atoms with van der Waals surface area (Å²) in [5.74, 6) is 0.857. The van der Waals surface area contributed by atoms with Crippen molar-refractivity contribution in [2.75, 3.05) is 11.9 Å². The van der Waals surface area contributed by atoms with E-state index in [0.717, 1.165) is 23.0 Å². The van der Waals surface area contributed by atoms with E-state index >= 15 is 0 Å². The molecule has 0 spiro atoms. The summed E-state index contributed by atoms with van der Waals surface area (Å²) in [6, 6.07) is 15.7. The second-order valence-corrected chi connectivity index (χ2v) is 4.54. The summed E-state index contributed by atoms with van der Waals surface area (Å²) in [4.78, 5) is 0. The molecule has 98 valence electrons. The number of benzene rings is 2. The van der Waals surface area contributed by atoms with Gasteiger partial charge in [0.15, 0.2) is 0 Å². The monoisotopic (exact) mass is 273 g/mol. The minimum Gasteiger partial charge on any atom is -0.490 e. The topological polar surface area (TPSA) is 21.3 Å². The first-order valence-electron chi connectivity index (χ1n) is 6.10. The van der Waals surface area contributed by atoms with Crippen LogP contribution in [0.15, 0.2) is 61.2 Å². The second kappa shape index (κ2) is 6.86. The van der Waals surface area contributed by atoms with Crippen molar-refractivity contribution < 1.29 is 4.74 Å². The number of hydrogen-bond donors (Lipinski definition) is 1. The molecule has 0 aliphatic carbocycles. The highest BCUT2D eigenvalue weighted by Gasteiger charge is 1.96. The predicted molar refractivity (Wildman–Crippen MR) is 80.9 cm³/mol. The average molecular weight is 274 g/mol. The quantitative estimate of drug-likeness (QED) is 0.782. The molecule has 1 N–H and O–H groups in total. The molecule has 0 saturated carbocycles. The first kappa shape index (κ1) is 13.5. The maximum atomic E-state index is 5.84. The fraction of sp³-hybridized carbons (Fsp3) is 0.125. The molecule has 0 saturated heterocycles. The van der Waals surface area contributed by atoms with Gasteiger partial charge in [0.2, 0.25) is 0 Å². The van der Waals surface area contributed by atoms with Crippen molar-refractivity contribution in [2.45, 2.75) is 6.54 Å². The fourth-order valence-corrected chi connectivity index (χ4v) is 1.76. The summed E-state index contributed by atoms with van der Waals surface area (Å²) < 4.78 is 5.43. The maximum absolute atomic E-state index is 5.84. The number of anilines is 1. The zero-order chi connectivity index (χ0) is 13.5. The van der Waals surface area contributed by atoms with Crippen LogP contribution in [0.4, 0.5) is 5.69 Å². The zero-order valence-electron chi connectivity index (χ0n) is 10.6. The van der Waals surface area contributed by atoms with E-state index in [4.69, 9.17) is 16.3 Å². The first-order valence-corrected chi connectivity index (χ1v) is 6.48. The molecular formula is C16H16ClNO. The van der Waals surface area contributed by atoms with Crippen molar-refractivity contribution in [2.24, 2.45) is 0 Å². The largest absolute Gasteiger partial charge is 0.490 e. The van der Waals surface area contributed by atoms with Crippen LogP contribution in [0.2, 0.25) is 5.02 Å². The van der Waals surface area contributed by atoms with E-state index < -0.39 is 0 Å². The zero-order valence-corrected chi connectivity index (χ0v) is 11.4. The Hall–Kier alpha value is -1.93. The van der Waals surface area contributed by atoms with E-state index in [1.54, 1.807) is 6.08 Å². The number of nitrogens with one attached hydrogen (secondary N) is 1. The molecule has 2 nitrogen and oxygen atoms in total. The first-order chi connectivity index (χ1) is 9.28. The van der Waals surface area contributed by atoms with Gasteiger partial charge in [-0.15, -0.1) is 0 Å². The Kier molecular flexibility index (Phi) is 4.87. The molecule has 0 radical (unpaired) electrons. The third-order valence-corrected chi connectivity index (χ3v) is 2.88. The van der Waals surface area contributed by atoms with Crippen molar-refractivity contribution in [3.05, 3.63) is 71.8 Å². The van der Waals surface area contributed by atoms with Crippen molar-refractivity contribution in [1.82, 2.24) is 0 Å². The van der Waals surface area contributed by atoms with Crippen molar-refractivity contribution in [3.8, 4) is 5.75 Å². The summed E-state index contributed by atoms with van der Waals surface area (Å²) in [6.45, 7) is 4.92. The number of hydrogen-bond acceptors (Lipinski definition) is 2. The Labute approximate surface area is 118 Å². The lowest BCUT2D eigenvalue weighted by atomic mass is 10.2. The standard InChI is InChI=1S/C16H16ClNO/c1-2-11-19-16-9-3-13(4-10-16)12-18-15-7-5-14(17)6-8-15/h2-10,18H,1,11-12H2. The van der Waals surface area contributed by atoms with E-state index in [0.29, 0.717) is 6.61 Å². The van der Waals surface area contributed by atoms with E-state index in [-0.39, 0.29) is 0 Å². The van der Waals surface area contributed by atoms with Crippen LogP contribution in [0.1, 0.15) is 5.56 Å². The van der Waals surface area contributed by atoms with Crippen LogP contribution in [-0.4, -0.2) is 6.61 Å². The van der Waals surface area contributed by atoms with Gasteiger partial charge in [0, 0.05) is 17.3 Å². The van der Waals surface area contributed by atoms with Crippen LogP contribution in [0.3, 0.4) is 0 Å². The van der Waals surface area contributed by atoms with Gasteiger partial charge in [0.1, 0.15) is 12.4 Å². The fourth-order valence-electron chi connectivity index (χ4n) is 1.63. The van der Waals surface area contributed by atoms with E-state index in [1.165, 1.54) is 5.56 Å². The van der Waals surface area contributed by atoms with Gasteiger partial charge in [-0.25, -0.2) is 0 Å². The van der Waals surface area contributed by atoms with Crippen LogP contribution < -0.4 is 10.1 Å². The molecule has 0 atom stereocenters. The normalized spacial score (nSPS) is 9.95. The van der Waals surface area contributed by atoms with Gasteiger partial charge in [-0.1, -0.05) is 36.4 Å². The second-order valence-electron chi connectivity index (χ2n) is 4.10. The van der Waals surface area contributed by atoms with Gasteiger partial charge in [-0.3, -0.25) is 0 Å². The predicted octanol–water partition coefficient (Wildman–Crippen LogP) is 4.52. The lowest BCUT2D eigenvalue weighted by molar-refractivity contribution is 0.363. The van der Waals surface area contributed by atoms with E-state index in [1.807, 2.05) is 48.5 Å². The molecule has 0 aliphatic rings. The Bertz CT molecular complexity index is 519. The molecule has 2 rings (SSSR count). The van der Waals surface area contributed by atoms with Crippen LogP contribution >= 0.6 is 11.6 Å². The van der Waals surface area contributed by atoms with Gasteiger partial charge in [0.05, 0.1) is 0 Å². The Morgan fingerprint density at radius 2 is 1.74 bits per heavy atom. The van der Waals surface area contributed by atoms with Gasteiger partial charge in [-0.05, 0) is 42.0 Å². The molecule has 0 aromatic heterocycles. The van der Waals surface area contributed by atoms with Gasteiger partial charge >= 0.3 is 0 Å². The van der Waals surface area contributed by atoms with Crippen molar-refractivity contribution >= 4 is 17.3 Å². The number of rotatable bonds is 6. The lowest BCUT2D eigenvalue weighted by Crippen LogP contribution is -1.99. The highest BCUT2D eigenvalue weighted by molar-refractivity contribution is 6.30. The van der Waals surface area contributed by atoms with Crippen LogP contribution in [0, 0.1) is 0 Å². The van der Waals surface area contributed by atoms with Crippen LogP contribution in [-0.2, 0) is 6.54 Å². The molecule has 2 aromatic rings. The lowest BCUT2D eigenvalue weighted by Gasteiger charge is -2.08. The third-order valence-electron chi connectivity index (χ3n) is 2.63. The number of halogens is 1. The van der Waals surface area contributed by atoms with E-state index in [2.05, 4.69) is 11.9 Å². The van der Waals surface area contributed by atoms with Crippen LogP contribution in [0.5, 0.6) is 5.75 Å². The summed E-state index contributed by atoms with van der Waals surface area (Å²) in [6.07, 6.45) is 1.73. The summed E-state index contributed by atoms with van der Waals surface area (Å²) in [5.41, 5.74) is 2.25. The molecule has 0 unspecified atom stereocenters. The molecule has 2 aromatic carbocycles. The van der Waals surface area contributed by atoms with Crippen molar-refractivity contribution in [1.29, 1.82) is 0 Å². The van der Waals surface area contributed by atoms with Crippen LogP contribution in [0.25, 0.3) is 0 Å². The SMILES string of the molecule is C=CCOc1ccc(CNc2ccc(Cl)cc2)cc1. The number of ether oxygens (including phenoxy) is 1. The highest BCUT2D eigenvalue weighted by atomic mass is 35.5. The molecule has 19 heavy (non-hydrogen) atoms. The van der Waals surface area contributed by atoms with Crippen molar-refractivity contribution in [3.63, 3.8) is 0 Å². The minimum atomic E-state index is 0.530. The summed E-state index contributed by atoms with van der Waals surface area (Å²) in [5, 5.41) is 4.08. The molecule has 0 amide bonds. The van der Waals surface area contributed by atoms with Gasteiger partial charge in [0.25, 0.3) is 0 Å². The third kappa shape index (κ3) is 4.34. The van der Waals surface area contributed by atoms with Gasteiger partial charge < -0.3 is 10.1 Å². The minimum absolute atomic E-state index is 0.530. The maximum Gasteiger partial charge on any atom is 0.119 e. The molecule has 0 aliphatic heterocycles. The molecule has 0 heterocycles. The highest BCUT2D eigenvalue weighted by Crippen LogP contribution is 2.16. The van der Waals surface area contributed by atoms with Gasteiger partial charge in [-0.2, -0.15) is 0 Å². The summed E-state index contributed by atoms with van der Waals surface area (Å²) in [7, 11) is 0.